The smallest absolute Gasteiger partial charge is 0.159 e. The van der Waals surface area contributed by atoms with Crippen LogP contribution in [0, 0.1) is 6.92 Å². The SMILES string of the molecule is CCNC1CCCc2nc(-c3ccc(C)cc3)ncc21. The van der Waals surface area contributed by atoms with Crippen LogP contribution in [0.5, 0.6) is 0 Å². The molecule has 2 aromatic rings. The summed E-state index contributed by atoms with van der Waals surface area (Å²) in [7, 11) is 0. The number of aryl methyl sites for hydroxylation is 2. The van der Waals surface area contributed by atoms with Crippen molar-refractivity contribution in [3.8, 4) is 11.4 Å². The number of rotatable bonds is 3. The minimum Gasteiger partial charge on any atom is -0.310 e. The third-order valence-corrected chi connectivity index (χ3v) is 3.94. The molecule has 0 amide bonds. The van der Waals surface area contributed by atoms with Gasteiger partial charge in [-0.2, -0.15) is 0 Å². The first-order chi connectivity index (χ1) is 9.78. The van der Waals surface area contributed by atoms with E-state index in [1.807, 2.05) is 6.20 Å². The first-order valence-electron chi connectivity index (χ1n) is 7.44. The molecule has 0 fully saturated rings. The molecule has 1 atom stereocenters. The van der Waals surface area contributed by atoms with Crippen LogP contribution in [0.2, 0.25) is 0 Å². The Labute approximate surface area is 120 Å². The molecule has 1 aromatic heterocycles. The maximum Gasteiger partial charge on any atom is 0.159 e. The second kappa shape index (κ2) is 5.71. The summed E-state index contributed by atoms with van der Waals surface area (Å²) in [5, 5.41) is 3.53. The molecule has 0 radical (unpaired) electrons. The van der Waals surface area contributed by atoms with Crippen LogP contribution in [0.3, 0.4) is 0 Å². The van der Waals surface area contributed by atoms with Gasteiger partial charge in [-0.15, -0.1) is 0 Å². The number of hydrogen-bond acceptors (Lipinski definition) is 3. The average molecular weight is 267 g/mol. The fourth-order valence-corrected chi connectivity index (χ4v) is 2.85. The summed E-state index contributed by atoms with van der Waals surface area (Å²) >= 11 is 0. The van der Waals surface area contributed by atoms with E-state index in [1.54, 1.807) is 0 Å². The van der Waals surface area contributed by atoms with Gasteiger partial charge in [0, 0.05) is 29.1 Å². The summed E-state index contributed by atoms with van der Waals surface area (Å²) in [6, 6.07) is 8.85. The number of benzene rings is 1. The average Bonchev–Trinajstić information content (AvgIpc) is 2.48. The monoisotopic (exact) mass is 267 g/mol. The van der Waals surface area contributed by atoms with E-state index in [1.165, 1.54) is 29.7 Å². The van der Waals surface area contributed by atoms with Gasteiger partial charge in [0.15, 0.2) is 5.82 Å². The van der Waals surface area contributed by atoms with E-state index in [0.29, 0.717) is 6.04 Å². The highest BCUT2D eigenvalue weighted by Gasteiger charge is 2.21. The summed E-state index contributed by atoms with van der Waals surface area (Å²) in [6.45, 7) is 5.23. The van der Waals surface area contributed by atoms with E-state index >= 15 is 0 Å². The van der Waals surface area contributed by atoms with Gasteiger partial charge in [0.05, 0.1) is 0 Å². The summed E-state index contributed by atoms with van der Waals surface area (Å²) in [6.07, 6.45) is 5.48. The molecule has 0 saturated carbocycles. The first-order valence-corrected chi connectivity index (χ1v) is 7.44. The van der Waals surface area contributed by atoms with Crippen LogP contribution in [0.4, 0.5) is 0 Å². The van der Waals surface area contributed by atoms with Crippen molar-refractivity contribution in [1.82, 2.24) is 15.3 Å². The molecule has 3 heteroatoms. The Morgan fingerprint density at radius 3 is 2.80 bits per heavy atom. The number of nitrogens with one attached hydrogen (secondary N) is 1. The summed E-state index contributed by atoms with van der Waals surface area (Å²) in [5.41, 5.74) is 4.87. The molecule has 0 aliphatic heterocycles. The molecule has 0 bridgehead atoms. The fourth-order valence-electron chi connectivity index (χ4n) is 2.85. The number of aromatic nitrogens is 2. The molecule has 1 aromatic carbocycles. The van der Waals surface area contributed by atoms with E-state index < -0.39 is 0 Å². The van der Waals surface area contributed by atoms with Crippen LogP contribution in [-0.4, -0.2) is 16.5 Å². The van der Waals surface area contributed by atoms with Crippen molar-refractivity contribution in [2.45, 2.75) is 39.2 Å². The van der Waals surface area contributed by atoms with Crippen molar-refractivity contribution in [2.75, 3.05) is 6.54 Å². The lowest BCUT2D eigenvalue weighted by molar-refractivity contribution is 0.464. The zero-order valence-electron chi connectivity index (χ0n) is 12.2. The lowest BCUT2D eigenvalue weighted by Crippen LogP contribution is -2.25. The highest BCUT2D eigenvalue weighted by molar-refractivity contribution is 5.55. The van der Waals surface area contributed by atoms with Crippen LogP contribution in [0.1, 0.15) is 42.6 Å². The molecule has 1 aliphatic carbocycles. The molecular weight excluding hydrogens is 246 g/mol. The van der Waals surface area contributed by atoms with E-state index in [-0.39, 0.29) is 0 Å². The minimum atomic E-state index is 0.427. The molecular formula is C17H21N3. The summed E-state index contributed by atoms with van der Waals surface area (Å²) in [5.74, 6) is 0.848. The lowest BCUT2D eigenvalue weighted by Gasteiger charge is -2.25. The highest BCUT2D eigenvalue weighted by atomic mass is 14.9. The second-order valence-corrected chi connectivity index (χ2v) is 5.46. The maximum atomic E-state index is 4.79. The maximum absolute atomic E-state index is 4.79. The molecule has 1 aliphatic rings. The number of nitrogens with zero attached hydrogens (tertiary/aromatic N) is 2. The van der Waals surface area contributed by atoms with Gasteiger partial charge in [0.1, 0.15) is 0 Å². The molecule has 3 rings (SSSR count). The lowest BCUT2D eigenvalue weighted by atomic mass is 9.92. The van der Waals surface area contributed by atoms with Gasteiger partial charge in [-0.25, -0.2) is 9.97 Å². The highest BCUT2D eigenvalue weighted by Crippen LogP contribution is 2.29. The minimum absolute atomic E-state index is 0.427. The first kappa shape index (κ1) is 13.3. The quantitative estimate of drug-likeness (QED) is 0.925. The van der Waals surface area contributed by atoms with Crippen LogP contribution < -0.4 is 5.32 Å². The Bertz CT molecular complexity index is 590. The van der Waals surface area contributed by atoms with Crippen LogP contribution >= 0.6 is 0 Å². The molecule has 1 N–H and O–H groups in total. The zero-order chi connectivity index (χ0) is 13.9. The van der Waals surface area contributed by atoms with Crippen molar-refractivity contribution >= 4 is 0 Å². The third kappa shape index (κ3) is 2.59. The van der Waals surface area contributed by atoms with Crippen LogP contribution in [0.25, 0.3) is 11.4 Å². The van der Waals surface area contributed by atoms with Gasteiger partial charge in [-0.1, -0.05) is 36.8 Å². The van der Waals surface area contributed by atoms with Gasteiger partial charge in [0.25, 0.3) is 0 Å². The van der Waals surface area contributed by atoms with E-state index in [2.05, 4.69) is 48.4 Å². The standard InChI is InChI=1S/C17H21N3/c1-3-18-15-5-4-6-16-14(15)11-19-17(20-16)13-9-7-12(2)8-10-13/h7-11,15,18H,3-6H2,1-2H3. The summed E-state index contributed by atoms with van der Waals surface area (Å²) < 4.78 is 0. The van der Waals surface area contributed by atoms with E-state index in [4.69, 9.17) is 4.98 Å². The second-order valence-electron chi connectivity index (χ2n) is 5.46. The largest absolute Gasteiger partial charge is 0.310 e. The Kier molecular flexibility index (Phi) is 3.79. The van der Waals surface area contributed by atoms with Gasteiger partial charge in [0.2, 0.25) is 0 Å². The van der Waals surface area contributed by atoms with Crippen LogP contribution in [0.15, 0.2) is 30.5 Å². The Hall–Kier alpha value is -1.74. The Morgan fingerprint density at radius 2 is 2.05 bits per heavy atom. The summed E-state index contributed by atoms with van der Waals surface area (Å²) in [4.78, 5) is 9.37. The molecule has 104 valence electrons. The van der Waals surface area contributed by atoms with E-state index in [9.17, 15) is 0 Å². The molecule has 1 heterocycles. The molecule has 1 unspecified atom stereocenters. The van der Waals surface area contributed by atoms with Crippen molar-refractivity contribution in [2.24, 2.45) is 0 Å². The predicted molar refractivity (Wildman–Crippen MR) is 81.6 cm³/mol. The van der Waals surface area contributed by atoms with Gasteiger partial charge < -0.3 is 5.32 Å². The number of hydrogen-bond donors (Lipinski definition) is 1. The van der Waals surface area contributed by atoms with Gasteiger partial charge in [-0.05, 0) is 32.7 Å². The van der Waals surface area contributed by atoms with E-state index in [0.717, 1.165) is 24.4 Å². The van der Waals surface area contributed by atoms with Crippen molar-refractivity contribution < 1.29 is 0 Å². The normalized spacial score (nSPS) is 17.8. The Morgan fingerprint density at radius 1 is 1.25 bits per heavy atom. The molecule has 0 spiro atoms. The molecule has 20 heavy (non-hydrogen) atoms. The molecule has 0 saturated heterocycles. The van der Waals surface area contributed by atoms with Crippen molar-refractivity contribution in [1.29, 1.82) is 0 Å². The predicted octanol–water partition coefficient (Wildman–Crippen LogP) is 3.44. The third-order valence-electron chi connectivity index (χ3n) is 3.94. The number of fused-ring (bicyclic) bond motifs is 1. The van der Waals surface area contributed by atoms with Crippen molar-refractivity contribution in [3.05, 3.63) is 47.3 Å². The van der Waals surface area contributed by atoms with Gasteiger partial charge >= 0.3 is 0 Å². The Balaban J connectivity index is 1.94. The molecule has 3 nitrogen and oxygen atoms in total. The fraction of sp³-hybridized carbons (Fsp3) is 0.412. The van der Waals surface area contributed by atoms with Crippen LogP contribution in [-0.2, 0) is 6.42 Å². The van der Waals surface area contributed by atoms with Gasteiger partial charge in [-0.3, -0.25) is 0 Å². The topological polar surface area (TPSA) is 37.8 Å². The van der Waals surface area contributed by atoms with Crippen molar-refractivity contribution in [3.63, 3.8) is 0 Å². The zero-order valence-corrected chi connectivity index (χ0v) is 12.2.